The summed E-state index contributed by atoms with van der Waals surface area (Å²) in [6.07, 6.45) is 1.74. The Bertz CT molecular complexity index is 371. The highest BCUT2D eigenvalue weighted by Crippen LogP contribution is 2.28. The van der Waals surface area contributed by atoms with Crippen LogP contribution in [0.2, 0.25) is 0 Å². The monoisotopic (exact) mass is 252 g/mol. The molecule has 2 unspecified atom stereocenters. The first-order valence-electron chi connectivity index (χ1n) is 5.89. The molecule has 2 rings (SSSR count). The molecule has 5 heteroatoms. The summed E-state index contributed by atoms with van der Waals surface area (Å²) in [5, 5.41) is 3.38. The lowest BCUT2D eigenvalue weighted by atomic mass is 10.00. The second kappa shape index (κ2) is 5.71. The van der Waals surface area contributed by atoms with Gasteiger partial charge in [0.05, 0.1) is 6.04 Å². The number of hydrogen-bond donors (Lipinski definition) is 2. The van der Waals surface area contributed by atoms with Gasteiger partial charge in [-0.3, -0.25) is 4.90 Å². The number of hydrogen-bond acceptors (Lipinski definition) is 5. The molecular formula is C12H20N4S. The largest absolute Gasteiger partial charge is 0.383 e. The van der Waals surface area contributed by atoms with E-state index in [4.69, 9.17) is 5.73 Å². The first kappa shape index (κ1) is 12.7. The highest BCUT2D eigenvalue weighted by atomic mass is 32.2. The number of thioether (sulfide) groups is 1. The minimum absolute atomic E-state index is 0.251. The minimum Gasteiger partial charge on any atom is -0.383 e. The molecule has 94 valence electrons. The van der Waals surface area contributed by atoms with E-state index >= 15 is 0 Å². The lowest BCUT2D eigenvalue weighted by Crippen LogP contribution is -2.47. The zero-order valence-corrected chi connectivity index (χ0v) is 11.2. The Morgan fingerprint density at radius 2 is 2.47 bits per heavy atom. The predicted molar refractivity (Wildman–Crippen MR) is 74.2 cm³/mol. The predicted octanol–water partition coefficient (Wildman–Crippen LogP) is 0.971. The molecule has 2 heterocycles. The summed E-state index contributed by atoms with van der Waals surface area (Å²) in [6.45, 7) is 1.13. The number of rotatable bonds is 3. The Labute approximate surface area is 107 Å². The summed E-state index contributed by atoms with van der Waals surface area (Å²) in [6, 6.07) is 4.74. The molecule has 1 aromatic heterocycles. The van der Waals surface area contributed by atoms with Crippen molar-refractivity contribution in [1.82, 2.24) is 15.2 Å². The molecule has 2 atom stereocenters. The molecule has 1 aliphatic rings. The summed E-state index contributed by atoms with van der Waals surface area (Å²) in [7, 11) is 4.17. The van der Waals surface area contributed by atoms with Crippen LogP contribution in [0.3, 0.4) is 0 Å². The van der Waals surface area contributed by atoms with Crippen LogP contribution in [-0.2, 0) is 0 Å². The highest BCUT2D eigenvalue weighted by Gasteiger charge is 2.29. The van der Waals surface area contributed by atoms with Crippen molar-refractivity contribution in [3.63, 3.8) is 0 Å². The minimum atomic E-state index is 0.251. The Hall–Kier alpha value is -0.780. The average Bonchev–Trinajstić information content (AvgIpc) is 2.34. The van der Waals surface area contributed by atoms with Crippen molar-refractivity contribution < 1.29 is 0 Å². The lowest BCUT2D eigenvalue weighted by Gasteiger charge is -2.38. The number of nitrogens with one attached hydrogen (secondary N) is 1. The van der Waals surface area contributed by atoms with Crippen molar-refractivity contribution in [2.45, 2.75) is 12.1 Å². The Morgan fingerprint density at radius 1 is 1.65 bits per heavy atom. The molecule has 0 amide bonds. The molecule has 1 fully saturated rings. The van der Waals surface area contributed by atoms with Gasteiger partial charge < -0.3 is 11.1 Å². The Morgan fingerprint density at radius 3 is 3.12 bits per heavy atom. The number of aromatic nitrogens is 1. The zero-order valence-electron chi connectivity index (χ0n) is 10.4. The van der Waals surface area contributed by atoms with Crippen LogP contribution in [0.15, 0.2) is 18.3 Å². The van der Waals surface area contributed by atoms with Gasteiger partial charge in [0.1, 0.15) is 5.82 Å². The van der Waals surface area contributed by atoms with Crippen molar-refractivity contribution in [3.8, 4) is 0 Å². The summed E-state index contributed by atoms with van der Waals surface area (Å²) < 4.78 is 0. The molecule has 0 aromatic carbocycles. The quantitative estimate of drug-likeness (QED) is 0.839. The van der Waals surface area contributed by atoms with Gasteiger partial charge in [-0.1, -0.05) is 6.07 Å². The summed E-state index contributed by atoms with van der Waals surface area (Å²) in [5.74, 6) is 2.98. The maximum atomic E-state index is 5.97. The normalized spacial score (nSPS) is 23.5. The van der Waals surface area contributed by atoms with E-state index in [0.717, 1.165) is 17.9 Å². The van der Waals surface area contributed by atoms with Gasteiger partial charge in [0, 0.05) is 35.9 Å². The molecule has 0 spiro atoms. The van der Waals surface area contributed by atoms with Crippen molar-refractivity contribution >= 4 is 17.6 Å². The van der Waals surface area contributed by atoms with Gasteiger partial charge in [0.25, 0.3) is 0 Å². The molecule has 17 heavy (non-hydrogen) atoms. The summed E-state index contributed by atoms with van der Waals surface area (Å²) in [5.41, 5.74) is 7.08. The van der Waals surface area contributed by atoms with Crippen LogP contribution in [0.5, 0.6) is 0 Å². The molecule has 3 N–H and O–H groups in total. The summed E-state index contributed by atoms with van der Waals surface area (Å²) in [4.78, 5) is 6.59. The van der Waals surface area contributed by atoms with Crippen molar-refractivity contribution in [1.29, 1.82) is 0 Å². The average molecular weight is 252 g/mol. The van der Waals surface area contributed by atoms with Crippen LogP contribution < -0.4 is 11.1 Å². The first-order valence-corrected chi connectivity index (χ1v) is 7.05. The fourth-order valence-corrected chi connectivity index (χ4v) is 3.58. The molecule has 4 nitrogen and oxygen atoms in total. The van der Waals surface area contributed by atoms with Crippen molar-refractivity contribution in [2.75, 3.05) is 37.9 Å². The van der Waals surface area contributed by atoms with E-state index in [2.05, 4.69) is 28.3 Å². The molecule has 0 radical (unpaired) electrons. The number of nitrogen functional groups attached to an aromatic ring is 1. The van der Waals surface area contributed by atoms with Gasteiger partial charge in [-0.25, -0.2) is 4.98 Å². The molecule has 0 bridgehead atoms. The van der Waals surface area contributed by atoms with E-state index in [1.54, 1.807) is 6.20 Å². The van der Waals surface area contributed by atoms with E-state index < -0.39 is 0 Å². The third-order valence-corrected chi connectivity index (χ3v) is 4.39. The maximum absolute atomic E-state index is 5.97. The Kier molecular flexibility index (Phi) is 4.25. The van der Waals surface area contributed by atoms with Crippen molar-refractivity contribution in [2.24, 2.45) is 0 Å². The second-order valence-corrected chi connectivity index (χ2v) is 5.52. The van der Waals surface area contributed by atoms with Crippen LogP contribution in [0, 0.1) is 0 Å². The van der Waals surface area contributed by atoms with Gasteiger partial charge in [-0.05, 0) is 20.2 Å². The van der Waals surface area contributed by atoms with E-state index in [1.807, 2.05) is 24.9 Å². The fraction of sp³-hybridized carbons (Fsp3) is 0.583. The van der Waals surface area contributed by atoms with Crippen LogP contribution in [0.25, 0.3) is 0 Å². The highest BCUT2D eigenvalue weighted by molar-refractivity contribution is 7.99. The Balaban J connectivity index is 2.23. The van der Waals surface area contributed by atoms with Crippen LogP contribution in [0.4, 0.5) is 5.82 Å². The number of likely N-dealkylation sites (N-methyl/N-ethyl adjacent to an activating group) is 2. The standard InChI is InChI=1S/C12H20N4S/c1-14-11(9-4-3-5-15-12(9)13)10-8-17-7-6-16(10)2/h3-5,10-11,14H,6-8H2,1-2H3,(H2,13,15). The van der Waals surface area contributed by atoms with Gasteiger partial charge in [-0.15, -0.1) is 0 Å². The van der Waals surface area contributed by atoms with Gasteiger partial charge >= 0.3 is 0 Å². The third-order valence-electron chi connectivity index (χ3n) is 3.35. The van der Waals surface area contributed by atoms with Crippen LogP contribution in [0.1, 0.15) is 11.6 Å². The van der Waals surface area contributed by atoms with Gasteiger partial charge in [-0.2, -0.15) is 11.8 Å². The van der Waals surface area contributed by atoms with Crippen molar-refractivity contribution in [3.05, 3.63) is 23.9 Å². The molecule has 1 aromatic rings. The van der Waals surface area contributed by atoms with Crippen LogP contribution in [-0.4, -0.2) is 48.1 Å². The topological polar surface area (TPSA) is 54.2 Å². The van der Waals surface area contributed by atoms with Gasteiger partial charge in [0.2, 0.25) is 0 Å². The van der Waals surface area contributed by atoms with Crippen LogP contribution >= 0.6 is 11.8 Å². The number of anilines is 1. The van der Waals surface area contributed by atoms with E-state index in [0.29, 0.717) is 11.9 Å². The summed E-state index contributed by atoms with van der Waals surface area (Å²) >= 11 is 2.01. The molecule has 0 saturated carbocycles. The van der Waals surface area contributed by atoms with Gasteiger partial charge in [0.15, 0.2) is 0 Å². The van der Waals surface area contributed by atoms with E-state index in [1.165, 1.54) is 5.75 Å². The SMILES string of the molecule is CNC(c1cccnc1N)C1CSCCN1C. The molecular weight excluding hydrogens is 232 g/mol. The van der Waals surface area contributed by atoms with E-state index in [-0.39, 0.29) is 6.04 Å². The molecule has 1 aliphatic heterocycles. The first-order chi connectivity index (χ1) is 8.24. The van der Waals surface area contributed by atoms with E-state index in [9.17, 15) is 0 Å². The third kappa shape index (κ3) is 2.73. The number of nitrogens with zero attached hydrogens (tertiary/aromatic N) is 2. The number of nitrogens with two attached hydrogens (primary N) is 1. The fourth-order valence-electron chi connectivity index (χ4n) is 2.30. The smallest absolute Gasteiger partial charge is 0.128 e. The maximum Gasteiger partial charge on any atom is 0.128 e. The lowest BCUT2D eigenvalue weighted by molar-refractivity contribution is 0.221. The zero-order chi connectivity index (χ0) is 12.3. The molecule has 0 aliphatic carbocycles. The molecule has 1 saturated heterocycles. The number of pyridine rings is 1. The second-order valence-electron chi connectivity index (χ2n) is 4.37.